The minimum absolute atomic E-state index is 0.0743. The Bertz CT molecular complexity index is 811. The number of esters is 1. The highest BCUT2D eigenvalue weighted by molar-refractivity contribution is 5.71. The molecule has 2 rings (SSSR count). The van der Waals surface area contributed by atoms with Gasteiger partial charge in [0, 0.05) is 12.1 Å². The number of hydrogen-bond donors (Lipinski definition) is 1. The molecule has 0 aliphatic heterocycles. The van der Waals surface area contributed by atoms with Gasteiger partial charge >= 0.3 is 5.97 Å². The van der Waals surface area contributed by atoms with Crippen LogP contribution in [0.1, 0.15) is 29.4 Å². The van der Waals surface area contributed by atoms with Crippen molar-refractivity contribution in [3.8, 4) is 11.5 Å². The maximum absolute atomic E-state index is 14.4. The second-order valence-corrected chi connectivity index (χ2v) is 5.15. The maximum Gasteiger partial charge on any atom is 0.306 e. The number of carbonyl (C=O) groups excluding carboxylic acids is 1. The molecule has 1 N–H and O–H groups in total. The van der Waals surface area contributed by atoms with Gasteiger partial charge in [0.1, 0.15) is 17.3 Å². The van der Waals surface area contributed by atoms with E-state index < -0.39 is 28.9 Å². The van der Waals surface area contributed by atoms with Crippen molar-refractivity contribution < 1.29 is 28.2 Å². The lowest BCUT2D eigenvalue weighted by molar-refractivity contribution is -0.140. The molecule has 0 aliphatic rings. The molecule has 0 fully saturated rings. The number of rotatable bonds is 5. The first-order valence-electron chi connectivity index (χ1n) is 7.11. The normalized spacial score (nSPS) is 11.8. The molecule has 2 aromatic rings. The summed E-state index contributed by atoms with van der Waals surface area (Å²) in [5.41, 5.74) is -0.595. The summed E-state index contributed by atoms with van der Waals surface area (Å²) < 4.78 is 29.4. The van der Waals surface area contributed by atoms with E-state index in [1.165, 1.54) is 33.3 Å². The van der Waals surface area contributed by atoms with Gasteiger partial charge in [-0.3, -0.25) is 9.59 Å². The number of benzene rings is 1. The van der Waals surface area contributed by atoms with Gasteiger partial charge in [0.05, 0.1) is 26.6 Å². The highest BCUT2D eigenvalue weighted by Crippen LogP contribution is 2.35. The van der Waals surface area contributed by atoms with E-state index >= 15 is 0 Å². The number of methoxy groups -OCH3 is 2. The topological polar surface area (TPSA) is 86.0 Å². The van der Waals surface area contributed by atoms with Crippen molar-refractivity contribution in [2.75, 3.05) is 14.2 Å². The maximum atomic E-state index is 14.4. The van der Waals surface area contributed by atoms with E-state index in [9.17, 15) is 19.1 Å². The molecule has 1 unspecified atom stereocenters. The van der Waals surface area contributed by atoms with Crippen LogP contribution in [0.5, 0.6) is 11.5 Å². The van der Waals surface area contributed by atoms with Gasteiger partial charge in [0.25, 0.3) is 0 Å². The van der Waals surface area contributed by atoms with Gasteiger partial charge < -0.3 is 19.0 Å². The zero-order valence-corrected chi connectivity index (χ0v) is 13.5. The number of hydrogen-bond acceptors (Lipinski definition) is 6. The number of halogens is 1. The summed E-state index contributed by atoms with van der Waals surface area (Å²) >= 11 is 0. The zero-order valence-electron chi connectivity index (χ0n) is 13.5. The summed E-state index contributed by atoms with van der Waals surface area (Å²) in [5.74, 6) is -2.64. The van der Waals surface area contributed by atoms with E-state index in [1.807, 2.05) is 0 Å². The first-order valence-corrected chi connectivity index (χ1v) is 7.11. The smallest absolute Gasteiger partial charge is 0.306 e. The predicted molar refractivity (Wildman–Crippen MR) is 82.8 cm³/mol. The summed E-state index contributed by atoms with van der Waals surface area (Å²) in [5, 5.41) is 10.0. The third kappa shape index (κ3) is 3.56. The van der Waals surface area contributed by atoms with Crippen molar-refractivity contribution in [1.82, 2.24) is 0 Å². The van der Waals surface area contributed by atoms with E-state index in [2.05, 4.69) is 4.74 Å². The molecule has 1 aromatic heterocycles. The van der Waals surface area contributed by atoms with Crippen LogP contribution in [0.15, 0.2) is 33.5 Å². The van der Waals surface area contributed by atoms with Crippen molar-refractivity contribution in [3.05, 3.63) is 57.4 Å². The van der Waals surface area contributed by atoms with E-state index in [4.69, 9.17) is 9.15 Å². The number of ether oxygens (including phenoxy) is 2. The van der Waals surface area contributed by atoms with Crippen LogP contribution in [0.2, 0.25) is 0 Å². The molecule has 0 radical (unpaired) electrons. The molecule has 0 bridgehead atoms. The van der Waals surface area contributed by atoms with Crippen LogP contribution in [0.4, 0.5) is 4.39 Å². The lowest BCUT2D eigenvalue weighted by atomic mass is 9.91. The van der Waals surface area contributed by atoms with Crippen molar-refractivity contribution in [2.45, 2.75) is 19.3 Å². The van der Waals surface area contributed by atoms with Crippen molar-refractivity contribution in [3.63, 3.8) is 0 Å². The largest absolute Gasteiger partial charge is 0.502 e. The summed E-state index contributed by atoms with van der Waals surface area (Å²) in [6.07, 6.45) is -0.306. The fourth-order valence-corrected chi connectivity index (χ4v) is 2.37. The van der Waals surface area contributed by atoms with E-state index in [1.54, 1.807) is 0 Å². The Morgan fingerprint density at radius 3 is 2.62 bits per heavy atom. The Balaban J connectivity index is 2.62. The fraction of sp³-hybridized carbons (Fsp3) is 0.294. The Morgan fingerprint density at radius 1 is 1.33 bits per heavy atom. The van der Waals surface area contributed by atoms with Gasteiger partial charge in [-0.1, -0.05) is 6.07 Å². The number of aryl methyl sites for hydroxylation is 1. The Labute approximate surface area is 137 Å². The second kappa shape index (κ2) is 7.16. The highest BCUT2D eigenvalue weighted by atomic mass is 19.1. The van der Waals surface area contributed by atoms with E-state index in [-0.39, 0.29) is 23.5 Å². The third-order valence-corrected chi connectivity index (χ3v) is 3.57. The molecule has 1 atom stereocenters. The minimum atomic E-state index is -1.02. The van der Waals surface area contributed by atoms with Gasteiger partial charge in [0.15, 0.2) is 5.76 Å². The molecule has 0 saturated carbocycles. The average Bonchev–Trinajstić information content (AvgIpc) is 2.56. The molecule has 1 heterocycles. The third-order valence-electron chi connectivity index (χ3n) is 3.57. The monoisotopic (exact) mass is 336 g/mol. The van der Waals surface area contributed by atoms with Crippen LogP contribution >= 0.6 is 0 Å². The summed E-state index contributed by atoms with van der Waals surface area (Å²) in [6.45, 7) is 1.52. The molecule has 24 heavy (non-hydrogen) atoms. The first kappa shape index (κ1) is 17.5. The van der Waals surface area contributed by atoms with Gasteiger partial charge in [-0.15, -0.1) is 0 Å². The highest BCUT2D eigenvalue weighted by Gasteiger charge is 2.28. The molecule has 0 aliphatic carbocycles. The van der Waals surface area contributed by atoms with Gasteiger partial charge in [0.2, 0.25) is 11.2 Å². The summed E-state index contributed by atoms with van der Waals surface area (Å²) in [4.78, 5) is 23.5. The summed E-state index contributed by atoms with van der Waals surface area (Å²) in [6, 6.07) is 5.17. The van der Waals surface area contributed by atoms with Crippen molar-refractivity contribution in [1.29, 1.82) is 0 Å². The van der Waals surface area contributed by atoms with Crippen LogP contribution in [0.3, 0.4) is 0 Å². The summed E-state index contributed by atoms with van der Waals surface area (Å²) in [7, 11) is 2.59. The first-order chi connectivity index (χ1) is 11.4. The lowest BCUT2D eigenvalue weighted by Crippen LogP contribution is -2.14. The molecule has 0 amide bonds. The SMILES string of the molecule is COC(=O)CC(c1ccc(OC)cc1F)c1oc(C)cc(=O)c1O. The molecule has 128 valence electrons. The predicted octanol–water partition coefficient (Wildman–Crippen LogP) is 2.50. The van der Waals surface area contributed by atoms with Crippen LogP contribution < -0.4 is 10.2 Å². The molecule has 0 saturated heterocycles. The Morgan fingerprint density at radius 2 is 2.04 bits per heavy atom. The average molecular weight is 336 g/mol. The van der Waals surface area contributed by atoms with Crippen LogP contribution in [-0.4, -0.2) is 25.3 Å². The van der Waals surface area contributed by atoms with Crippen LogP contribution in [0, 0.1) is 12.7 Å². The van der Waals surface area contributed by atoms with Crippen LogP contribution in [-0.2, 0) is 9.53 Å². The second-order valence-electron chi connectivity index (χ2n) is 5.15. The number of carbonyl (C=O) groups is 1. The Hall–Kier alpha value is -2.83. The van der Waals surface area contributed by atoms with Crippen molar-refractivity contribution >= 4 is 5.97 Å². The lowest BCUT2D eigenvalue weighted by Gasteiger charge is -2.18. The fourth-order valence-electron chi connectivity index (χ4n) is 2.37. The number of aromatic hydroxyl groups is 1. The van der Waals surface area contributed by atoms with E-state index in [0.717, 1.165) is 12.1 Å². The van der Waals surface area contributed by atoms with Gasteiger partial charge in [-0.05, 0) is 18.6 Å². The van der Waals surface area contributed by atoms with Gasteiger partial charge in [-0.25, -0.2) is 4.39 Å². The van der Waals surface area contributed by atoms with Gasteiger partial charge in [-0.2, -0.15) is 0 Å². The molecular formula is C17H17FO6. The molecule has 0 spiro atoms. The van der Waals surface area contributed by atoms with Crippen LogP contribution in [0.25, 0.3) is 0 Å². The van der Waals surface area contributed by atoms with Crippen molar-refractivity contribution in [2.24, 2.45) is 0 Å². The molecule has 6 nitrogen and oxygen atoms in total. The molecule has 7 heteroatoms. The Kier molecular flexibility index (Phi) is 5.23. The standard InChI is InChI=1S/C17H17FO6/c1-9-6-14(19)16(21)17(24-9)12(8-15(20)23-3)11-5-4-10(22-2)7-13(11)18/h4-7,12,21H,8H2,1-3H3. The molecular weight excluding hydrogens is 319 g/mol. The zero-order chi connectivity index (χ0) is 17.9. The molecule has 1 aromatic carbocycles. The quantitative estimate of drug-likeness (QED) is 0.844. The minimum Gasteiger partial charge on any atom is -0.502 e. The van der Waals surface area contributed by atoms with E-state index in [0.29, 0.717) is 5.75 Å².